The summed E-state index contributed by atoms with van der Waals surface area (Å²) in [7, 11) is 0. The fourth-order valence-electron chi connectivity index (χ4n) is 1.98. The molecule has 2 rings (SSSR count). The summed E-state index contributed by atoms with van der Waals surface area (Å²) in [5.41, 5.74) is 0.798. The van der Waals surface area contributed by atoms with Crippen molar-refractivity contribution in [3.05, 3.63) is 36.0 Å². The Morgan fingerprint density at radius 1 is 1.32 bits per heavy atom. The van der Waals surface area contributed by atoms with E-state index in [1.54, 1.807) is 0 Å². The highest BCUT2D eigenvalue weighted by atomic mass is 16.5. The van der Waals surface area contributed by atoms with Gasteiger partial charge in [-0.1, -0.05) is 19.1 Å². The van der Waals surface area contributed by atoms with Gasteiger partial charge >= 0.3 is 5.97 Å². The van der Waals surface area contributed by atoms with Crippen LogP contribution in [0.2, 0.25) is 0 Å². The Labute approximate surface area is 129 Å². The zero-order chi connectivity index (χ0) is 15.9. The van der Waals surface area contributed by atoms with Crippen molar-refractivity contribution in [3.63, 3.8) is 0 Å². The summed E-state index contributed by atoms with van der Waals surface area (Å²) in [4.78, 5) is 19.8. The van der Waals surface area contributed by atoms with Gasteiger partial charge in [0, 0.05) is 12.7 Å². The Morgan fingerprint density at radius 3 is 2.77 bits per heavy atom. The summed E-state index contributed by atoms with van der Waals surface area (Å²) >= 11 is 0. The second-order valence-corrected chi connectivity index (χ2v) is 4.62. The van der Waals surface area contributed by atoms with Crippen LogP contribution in [0, 0.1) is 0 Å². The van der Waals surface area contributed by atoms with E-state index in [1.165, 1.54) is 6.20 Å². The number of para-hydroxylation sites is 1. The van der Waals surface area contributed by atoms with Gasteiger partial charge in [-0.25, -0.2) is 14.8 Å². The summed E-state index contributed by atoms with van der Waals surface area (Å²) in [6.45, 7) is 5.08. The highest BCUT2D eigenvalue weighted by molar-refractivity contribution is 5.93. The topological polar surface area (TPSA) is 84.3 Å². The first-order valence-corrected chi connectivity index (χ1v) is 7.23. The third-order valence-corrected chi connectivity index (χ3v) is 2.99. The standard InChI is InChI=1S/C16H19N3O3/c1-3-9-17-15-12(16(20)21)10-18-14(19-15)11-7-5-6-8-13(11)22-4-2/h5-8,10H,3-4,9H2,1-2H3,(H,20,21)(H,17,18,19). The van der Waals surface area contributed by atoms with Crippen molar-refractivity contribution < 1.29 is 14.6 Å². The van der Waals surface area contributed by atoms with Crippen LogP contribution >= 0.6 is 0 Å². The van der Waals surface area contributed by atoms with Crippen molar-refractivity contribution in [2.75, 3.05) is 18.5 Å². The van der Waals surface area contributed by atoms with E-state index in [2.05, 4.69) is 15.3 Å². The number of carboxylic acid groups (broad SMARTS) is 1. The number of aromatic nitrogens is 2. The Morgan fingerprint density at radius 2 is 2.09 bits per heavy atom. The zero-order valence-electron chi connectivity index (χ0n) is 12.7. The number of ether oxygens (including phenoxy) is 1. The first-order valence-electron chi connectivity index (χ1n) is 7.23. The van der Waals surface area contributed by atoms with Crippen LogP contribution in [0.4, 0.5) is 5.82 Å². The van der Waals surface area contributed by atoms with Crippen molar-refractivity contribution in [2.45, 2.75) is 20.3 Å². The Bertz CT molecular complexity index is 659. The predicted molar refractivity (Wildman–Crippen MR) is 84.4 cm³/mol. The lowest BCUT2D eigenvalue weighted by atomic mass is 10.2. The van der Waals surface area contributed by atoms with E-state index < -0.39 is 5.97 Å². The lowest BCUT2D eigenvalue weighted by Gasteiger charge is -2.12. The number of benzene rings is 1. The number of aromatic carboxylic acids is 1. The predicted octanol–water partition coefficient (Wildman–Crippen LogP) is 3.06. The van der Waals surface area contributed by atoms with Crippen molar-refractivity contribution >= 4 is 11.8 Å². The van der Waals surface area contributed by atoms with Gasteiger partial charge in [0.25, 0.3) is 0 Å². The molecule has 0 aliphatic heterocycles. The van der Waals surface area contributed by atoms with E-state index in [0.717, 1.165) is 12.0 Å². The molecule has 2 N–H and O–H groups in total. The van der Waals surface area contributed by atoms with Crippen LogP contribution < -0.4 is 10.1 Å². The molecule has 0 saturated heterocycles. The molecule has 6 heteroatoms. The fraction of sp³-hybridized carbons (Fsp3) is 0.312. The second kappa shape index (κ2) is 7.40. The quantitative estimate of drug-likeness (QED) is 0.817. The number of nitrogens with one attached hydrogen (secondary N) is 1. The molecular formula is C16H19N3O3. The summed E-state index contributed by atoms with van der Waals surface area (Å²) in [6.07, 6.45) is 2.19. The van der Waals surface area contributed by atoms with Crippen LogP contribution in [0.25, 0.3) is 11.4 Å². The van der Waals surface area contributed by atoms with Crippen molar-refractivity contribution in [3.8, 4) is 17.1 Å². The summed E-state index contributed by atoms with van der Waals surface area (Å²) in [5.74, 6) is 0.385. The fourth-order valence-corrected chi connectivity index (χ4v) is 1.98. The maximum atomic E-state index is 11.3. The van der Waals surface area contributed by atoms with Gasteiger partial charge in [0.1, 0.15) is 17.1 Å². The van der Waals surface area contributed by atoms with Crippen LogP contribution in [0.1, 0.15) is 30.6 Å². The van der Waals surface area contributed by atoms with Gasteiger partial charge in [-0.3, -0.25) is 0 Å². The van der Waals surface area contributed by atoms with Crippen LogP contribution in [0.3, 0.4) is 0 Å². The number of hydrogen-bond donors (Lipinski definition) is 2. The SMILES string of the molecule is CCCNc1nc(-c2ccccc2OCC)ncc1C(=O)O. The largest absolute Gasteiger partial charge is 0.493 e. The van der Waals surface area contributed by atoms with Gasteiger partial charge < -0.3 is 15.2 Å². The zero-order valence-corrected chi connectivity index (χ0v) is 12.7. The molecule has 0 spiro atoms. The molecule has 1 aromatic carbocycles. The number of hydrogen-bond acceptors (Lipinski definition) is 5. The molecular weight excluding hydrogens is 282 g/mol. The minimum Gasteiger partial charge on any atom is -0.493 e. The van der Waals surface area contributed by atoms with Crippen molar-refractivity contribution in [1.82, 2.24) is 9.97 Å². The molecule has 0 aliphatic carbocycles. The molecule has 0 radical (unpaired) electrons. The van der Waals surface area contributed by atoms with E-state index in [0.29, 0.717) is 30.5 Å². The first-order chi connectivity index (χ1) is 10.7. The summed E-state index contributed by atoms with van der Waals surface area (Å²) in [5, 5.41) is 12.3. The van der Waals surface area contributed by atoms with Crippen LogP contribution in [0.15, 0.2) is 30.5 Å². The third-order valence-electron chi connectivity index (χ3n) is 2.99. The second-order valence-electron chi connectivity index (χ2n) is 4.62. The van der Waals surface area contributed by atoms with Crippen LogP contribution in [-0.4, -0.2) is 34.2 Å². The normalized spacial score (nSPS) is 10.3. The highest BCUT2D eigenvalue weighted by Gasteiger charge is 2.16. The van der Waals surface area contributed by atoms with Crippen molar-refractivity contribution in [2.24, 2.45) is 0 Å². The highest BCUT2D eigenvalue weighted by Crippen LogP contribution is 2.28. The molecule has 0 amide bonds. The third kappa shape index (κ3) is 3.52. The summed E-state index contributed by atoms with van der Waals surface area (Å²) in [6, 6.07) is 7.43. The minimum absolute atomic E-state index is 0.0612. The lowest BCUT2D eigenvalue weighted by Crippen LogP contribution is -2.11. The monoisotopic (exact) mass is 301 g/mol. The van der Waals surface area contributed by atoms with Crippen LogP contribution in [-0.2, 0) is 0 Å². The molecule has 1 heterocycles. The lowest BCUT2D eigenvalue weighted by molar-refractivity contribution is 0.0697. The number of anilines is 1. The number of rotatable bonds is 7. The van der Waals surface area contributed by atoms with E-state index in [4.69, 9.17) is 4.74 Å². The molecule has 0 unspecified atom stereocenters. The molecule has 0 saturated carbocycles. The molecule has 22 heavy (non-hydrogen) atoms. The number of carbonyl (C=O) groups is 1. The smallest absolute Gasteiger partial charge is 0.341 e. The van der Waals surface area contributed by atoms with Gasteiger partial charge in [0.2, 0.25) is 0 Å². The Kier molecular flexibility index (Phi) is 5.30. The van der Waals surface area contributed by atoms with Gasteiger partial charge in [-0.05, 0) is 25.5 Å². The van der Waals surface area contributed by atoms with Gasteiger partial charge in [-0.15, -0.1) is 0 Å². The molecule has 116 valence electrons. The first kappa shape index (κ1) is 15.8. The average molecular weight is 301 g/mol. The Hall–Kier alpha value is -2.63. The molecule has 0 fully saturated rings. The molecule has 6 nitrogen and oxygen atoms in total. The van der Waals surface area contributed by atoms with E-state index in [1.807, 2.05) is 38.1 Å². The number of nitrogens with zero attached hydrogens (tertiary/aromatic N) is 2. The average Bonchev–Trinajstić information content (AvgIpc) is 2.53. The molecule has 0 aliphatic rings. The number of carboxylic acids is 1. The Balaban J connectivity index is 2.46. The van der Waals surface area contributed by atoms with Crippen LogP contribution in [0.5, 0.6) is 5.75 Å². The summed E-state index contributed by atoms with van der Waals surface area (Å²) < 4.78 is 5.57. The molecule has 1 aromatic heterocycles. The van der Waals surface area contributed by atoms with Gasteiger partial charge in [-0.2, -0.15) is 0 Å². The molecule has 2 aromatic rings. The molecule has 0 atom stereocenters. The van der Waals surface area contributed by atoms with E-state index >= 15 is 0 Å². The van der Waals surface area contributed by atoms with Gasteiger partial charge in [0.15, 0.2) is 5.82 Å². The minimum atomic E-state index is -1.05. The maximum absolute atomic E-state index is 11.3. The van der Waals surface area contributed by atoms with Crippen molar-refractivity contribution in [1.29, 1.82) is 0 Å². The van der Waals surface area contributed by atoms with E-state index in [9.17, 15) is 9.90 Å². The maximum Gasteiger partial charge on any atom is 0.341 e. The van der Waals surface area contributed by atoms with E-state index in [-0.39, 0.29) is 5.56 Å². The van der Waals surface area contributed by atoms with Gasteiger partial charge in [0.05, 0.1) is 12.2 Å². The molecule has 0 bridgehead atoms.